The molecule has 1 heterocycles. The van der Waals surface area contributed by atoms with Crippen LogP contribution in [-0.2, 0) is 6.42 Å². The van der Waals surface area contributed by atoms with Crippen molar-refractivity contribution in [2.24, 2.45) is 5.84 Å². The Hall–Kier alpha value is -1.36. The molecule has 0 aromatic carbocycles. The van der Waals surface area contributed by atoms with Crippen LogP contribution in [0.25, 0.3) is 0 Å². The van der Waals surface area contributed by atoms with Gasteiger partial charge in [-0.1, -0.05) is 6.92 Å². The average Bonchev–Trinajstić information content (AvgIpc) is 2.96. The van der Waals surface area contributed by atoms with Crippen molar-refractivity contribution < 1.29 is 0 Å². The molecule has 5 nitrogen and oxygen atoms in total. The fourth-order valence-corrected chi connectivity index (χ4v) is 1.59. The largest absolute Gasteiger partial charge is 0.365 e. The molecule has 1 saturated carbocycles. The summed E-state index contributed by atoms with van der Waals surface area (Å²) in [5, 5.41) is 3.42. The fraction of sp³-hybridized carbons (Fsp3) is 0.636. The zero-order valence-electron chi connectivity index (χ0n) is 9.88. The van der Waals surface area contributed by atoms with Crippen molar-refractivity contribution in [1.82, 2.24) is 9.97 Å². The van der Waals surface area contributed by atoms with Crippen molar-refractivity contribution in [3.8, 4) is 0 Å². The molecule has 0 unspecified atom stereocenters. The molecule has 0 bridgehead atoms. The Morgan fingerprint density at radius 1 is 1.38 bits per heavy atom. The predicted octanol–water partition coefficient (Wildman–Crippen LogP) is 1.68. The summed E-state index contributed by atoms with van der Waals surface area (Å²) in [6.45, 7) is 4.31. The Bertz CT molecular complexity index is 373. The number of nitrogens with one attached hydrogen (secondary N) is 2. The van der Waals surface area contributed by atoms with Crippen LogP contribution in [0.15, 0.2) is 6.07 Å². The maximum Gasteiger partial charge on any atom is 0.145 e. The van der Waals surface area contributed by atoms with Gasteiger partial charge in [-0.05, 0) is 26.2 Å². The maximum atomic E-state index is 5.40. The van der Waals surface area contributed by atoms with Crippen LogP contribution in [0.3, 0.4) is 0 Å². The van der Waals surface area contributed by atoms with Crippen LogP contribution in [0.4, 0.5) is 11.6 Å². The molecule has 0 atom stereocenters. The molecule has 0 amide bonds. The highest BCUT2D eigenvalue weighted by molar-refractivity contribution is 5.49. The highest BCUT2D eigenvalue weighted by Gasteiger charge is 2.37. The molecule has 1 aromatic rings. The van der Waals surface area contributed by atoms with E-state index in [1.807, 2.05) is 6.07 Å². The van der Waals surface area contributed by atoms with E-state index < -0.39 is 0 Å². The number of aryl methyl sites for hydroxylation is 1. The van der Waals surface area contributed by atoms with Crippen LogP contribution in [0.1, 0.15) is 38.9 Å². The van der Waals surface area contributed by atoms with E-state index in [9.17, 15) is 0 Å². The monoisotopic (exact) mass is 221 g/mol. The molecule has 1 aliphatic carbocycles. The molecular weight excluding hydrogens is 202 g/mol. The van der Waals surface area contributed by atoms with Gasteiger partial charge in [0, 0.05) is 18.0 Å². The number of nitrogen functional groups attached to an aromatic ring is 1. The summed E-state index contributed by atoms with van der Waals surface area (Å²) in [4.78, 5) is 8.78. The van der Waals surface area contributed by atoms with E-state index in [1.165, 1.54) is 12.8 Å². The zero-order chi connectivity index (χ0) is 11.6. The molecule has 0 saturated heterocycles. The standard InChI is InChI=1S/C11H19N5/c1-3-4-8-13-9(7-10(14-8)16-12)15-11(2)5-6-11/h7H,3-6,12H2,1-2H3,(H2,13,14,15,16). The Morgan fingerprint density at radius 2 is 2.06 bits per heavy atom. The van der Waals surface area contributed by atoms with E-state index in [1.54, 1.807) is 0 Å². The molecule has 0 radical (unpaired) electrons. The summed E-state index contributed by atoms with van der Waals surface area (Å²) in [6.07, 6.45) is 4.31. The second kappa shape index (κ2) is 4.25. The minimum absolute atomic E-state index is 0.226. The van der Waals surface area contributed by atoms with Crippen molar-refractivity contribution in [3.63, 3.8) is 0 Å². The summed E-state index contributed by atoms with van der Waals surface area (Å²) in [5.41, 5.74) is 2.81. The lowest BCUT2D eigenvalue weighted by Gasteiger charge is -2.14. The molecule has 0 aliphatic heterocycles. The molecule has 1 aromatic heterocycles. The molecule has 1 fully saturated rings. The second-order valence-electron chi connectivity index (χ2n) is 4.63. The molecule has 2 rings (SSSR count). The molecule has 16 heavy (non-hydrogen) atoms. The van der Waals surface area contributed by atoms with Gasteiger partial charge in [-0.3, -0.25) is 0 Å². The molecule has 88 valence electrons. The van der Waals surface area contributed by atoms with Crippen LogP contribution in [0, 0.1) is 0 Å². The number of hydrogen-bond acceptors (Lipinski definition) is 5. The Balaban J connectivity index is 2.18. The lowest BCUT2D eigenvalue weighted by Crippen LogP contribution is -2.19. The summed E-state index contributed by atoms with van der Waals surface area (Å²) < 4.78 is 0. The van der Waals surface area contributed by atoms with E-state index in [-0.39, 0.29) is 5.54 Å². The molecule has 5 heteroatoms. The third-order valence-electron chi connectivity index (χ3n) is 2.82. The Kier molecular flexibility index (Phi) is 2.96. The van der Waals surface area contributed by atoms with Gasteiger partial charge in [0.1, 0.15) is 17.5 Å². The topological polar surface area (TPSA) is 75.9 Å². The first-order chi connectivity index (χ1) is 7.65. The fourth-order valence-electron chi connectivity index (χ4n) is 1.59. The summed E-state index contributed by atoms with van der Waals surface area (Å²) in [6, 6.07) is 1.85. The highest BCUT2D eigenvalue weighted by atomic mass is 15.3. The number of hydrogen-bond donors (Lipinski definition) is 3. The third-order valence-corrected chi connectivity index (χ3v) is 2.82. The smallest absolute Gasteiger partial charge is 0.145 e. The van der Waals surface area contributed by atoms with Crippen LogP contribution < -0.4 is 16.6 Å². The van der Waals surface area contributed by atoms with Gasteiger partial charge in [-0.15, -0.1) is 0 Å². The van der Waals surface area contributed by atoms with Crippen molar-refractivity contribution in [2.45, 2.75) is 45.1 Å². The number of hydrazine groups is 1. The Labute approximate surface area is 95.8 Å². The van der Waals surface area contributed by atoms with Crippen LogP contribution in [0.2, 0.25) is 0 Å². The average molecular weight is 221 g/mol. The SMILES string of the molecule is CCCc1nc(NN)cc(NC2(C)CC2)n1. The number of aromatic nitrogens is 2. The minimum Gasteiger partial charge on any atom is -0.365 e. The second-order valence-corrected chi connectivity index (χ2v) is 4.63. The quantitative estimate of drug-likeness (QED) is 0.521. The third kappa shape index (κ3) is 2.61. The predicted molar refractivity (Wildman–Crippen MR) is 65.1 cm³/mol. The van der Waals surface area contributed by atoms with E-state index in [4.69, 9.17) is 5.84 Å². The van der Waals surface area contributed by atoms with Gasteiger partial charge in [0.25, 0.3) is 0 Å². The van der Waals surface area contributed by atoms with E-state index in [0.29, 0.717) is 5.82 Å². The van der Waals surface area contributed by atoms with Crippen LogP contribution in [0.5, 0.6) is 0 Å². The van der Waals surface area contributed by atoms with Gasteiger partial charge in [0.2, 0.25) is 0 Å². The van der Waals surface area contributed by atoms with Crippen molar-refractivity contribution in [1.29, 1.82) is 0 Å². The highest BCUT2D eigenvalue weighted by Crippen LogP contribution is 2.37. The first kappa shape index (κ1) is 11.1. The first-order valence-corrected chi connectivity index (χ1v) is 5.78. The molecule has 0 spiro atoms. The molecule has 1 aliphatic rings. The van der Waals surface area contributed by atoms with Gasteiger partial charge < -0.3 is 10.7 Å². The Morgan fingerprint density at radius 3 is 2.62 bits per heavy atom. The first-order valence-electron chi connectivity index (χ1n) is 5.78. The van der Waals surface area contributed by atoms with Crippen LogP contribution in [-0.4, -0.2) is 15.5 Å². The van der Waals surface area contributed by atoms with Gasteiger partial charge >= 0.3 is 0 Å². The minimum atomic E-state index is 0.226. The van der Waals surface area contributed by atoms with E-state index >= 15 is 0 Å². The number of nitrogens with zero attached hydrogens (tertiary/aromatic N) is 2. The number of anilines is 2. The summed E-state index contributed by atoms with van der Waals surface area (Å²) in [5.74, 6) is 7.77. The van der Waals surface area contributed by atoms with Crippen molar-refractivity contribution in [2.75, 3.05) is 10.7 Å². The zero-order valence-corrected chi connectivity index (χ0v) is 9.88. The normalized spacial score (nSPS) is 16.9. The number of nitrogens with two attached hydrogens (primary N) is 1. The lowest BCUT2D eigenvalue weighted by molar-refractivity contribution is 0.797. The van der Waals surface area contributed by atoms with Gasteiger partial charge in [-0.2, -0.15) is 0 Å². The van der Waals surface area contributed by atoms with E-state index in [2.05, 4.69) is 34.6 Å². The maximum absolute atomic E-state index is 5.40. The van der Waals surface area contributed by atoms with Gasteiger partial charge in [-0.25, -0.2) is 15.8 Å². The van der Waals surface area contributed by atoms with Gasteiger partial charge in [0.05, 0.1) is 0 Å². The van der Waals surface area contributed by atoms with Crippen molar-refractivity contribution in [3.05, 3.63) is 11.9 Å². The molecule has 4 N–H and O–H groups in total. The molecular formula is C11H19N5. The summed E-state index contributed by atoms with van der Waals surface area (Å²) >= 11 is 0. The van der Waals surface area contributed by atoms with E-state index in [0.717, 1.165) is 24.5 Å². The van der Waals surface area contributed by atoms with Crippen LogP contribution >= 0.6 is 0 Å². The lowest BCUT2D eigenvalue weighted by atomic mass is 10.3. The van der Waals surface area contributed by atoms with Crippen molar-refractivity contribution >= 4 is 11.6 Å². The summed E-state index contributed by atoms with van der Waals surface area (Å²) in [7, 11) is 0. The van der Waals surface area contributed by atoms with Gasteiger partial charge in [0.15, 0.2) is 0 Å². The number of rotatable bonds is 5.